The number of carbonyl (C=O) groups is 2. The topological polar surface area (TPSA) is 84.2 Å². The zero-order valence-electron chi connectivity index (χ0n) is 11.5. The maximum absolute atomic E-state index is 11.7. The zero-order valence-corrected chi connectivity index (χ0v) is 11.5. The van der Waals surface area contributed by atoms with Gasteiger partial charge in [0.05, 0.1) is 5.54 Å². The Bertz CT molecular complexity index is 334. The highest BCUT2D eigenvalue weighted by atomic mass is 16.2. The lowest BCUT2D eigenvalue weighted by Gasteiger charge is -2.20. The van der Waals surface area contributed by atoms with Crippen molar-refractivity contribution in [1.29, 1.82) is 0 Å². The van der Waals surface area contributed by atoms with Gasteiger partial charge in [0.2, 0.25) is 11.8 Å². The maximum Gasteiger partial charge on any atom is 0.240 e. The number of amides is 2. The Morgan fingerprint density at radius 2 is 1.68 bits per heavy atom. The van der Waals surface area contributed by atoms with Crippen molar-refractivity contribution >= 4 is 11.8 Å². The van der Waals surface area contributed by atoms with E-state index in [-0.39, 0.29) is 11.8 Å². The van der Waals surface area contributed by atoms with Gasteiger partial charge in [-0.1, -0.05) is 19.3 Å². The molecule has 19 heavy (non-hydrogen) atoms. The minimum atomic E-state index is -0.619. The molecule has 2 saturated carbocycles. The molecule has 0 atom stereocenters. The van der Waals surface area contributed by atoms with Crippen LogP contribution in [0.4, 0.5) is 0 Å². The highest BCUT2D eigenvalue weighted by molar-refractivity contribution is 5.89. The Morgan fingerprint density at radius 1 is 1.05 bits per heavy atom. The largest absolute Gasteiger partial charge is 0.354 e. The summed E-state index contributed by atoms with van der Waals surface area (Å²) >= 11 is 0. The van der Waals surface area contributed by atoms with Gasteiger partial charge in [-0.3, -0.25) is 9.59 Å². The van der Waals surface area contributed by atoms with E-state index in [2.05, 4.69) is 10.6 Å². The maximum atomic E-state index is 11.7. The number of nitrogens with two attached hydrogens (primary N) is 1. The lowest BCUT2D eigenvalue weighted by Crippen LogP contribution is -2.45. The molecule has 2 amide bonds. The minimum absolute atomic E-state index is 0.0889. The smallest absolute Gasteiger partial charge is 0.240 e. The van der Waals surface area contributed by atoms with Crippen molar-refractivity contribution in [2.45, 2.75) is 56.9 Å². The predicted octanol–water partition coefficient (Wildman–Crippen LogP) is 0.680. The van der Waals surface area contributed by atoms with Crippen molar-refractivity contribution in [1.82, 2.24) is 10.6 Å². The molecule has 2 aliphatic carbocycles. The lowest BCUT2D eigenvalue weighted by molar-refractivity contribution is -0.124. The quantitative estimate of drug-likeness (QED) is 0.619. The SMILES string of the molecule is NC1(C(=O)NCCNC(=O)CC2CCCCC2)CC1. The van der Waals surface area contributed by atoms with Gasteiger partial charge in [0.25, 0.3) is 0 Å². The summed E-state index contributed by atoms with van der Waals surface area (Å²) in [6.07, 6.45) is 8.36. The van der Waals surface area contributed by atoms with Crippen LogP contribution < -0.4 is 16.4 Å². The summed E-state index contributed by atoms with van der Waals surface area (Å²) in [6.45, 7) is 0.960. The van der Waals surface area contributed by atoms with Crippen LogP contribution in [0.3, 0.4) is 0 Å². The van der Waals surface area contributed by atoms with Gasteiger partial charge in [0, 0.05) is 19.5 Å². The molecule has 0 aromatic rings. The molecule has 2 rings (SSSR count). The van der Waals surface area contributed by atoms with Gasteiger partial charge >= 0.3 is 0 Å². The van der Waals surface area contributed by atoms with E-state index in [9.17, 15) is 9.59 Å². The van der Waals surface area contributed by atoms with Gasteiger partial charge in [-0.15, -0.1) is 0 Å². The average Bonchev–Trinajstić information content (AvgIpc) is 3.15. The van der Waals surface area contributed by atoms with Gasteiger partial charge in [-0.05, 0) is 31.6 Å². The first-order valence-electron chi connectivity index (χ1n) is 7.44. The van der Waals surface area contributed by atoms with Gasteiger partial charge < -0.3 is 16.4 Å². The van der Waals surface area contributed by atoms with Crippen molar-refractivity contribution in [3.63, 3.8) is 0 Å². The van der Waals surface area contributed by atoms with E-state index in [0.717, 1.165) is 12.8 Å². The van der Waals surface area contributed by atoms with Crippen molar-refractivity contribution in [3.05, 3.63) is 0 Å². The van der Waals surface area contributed by atoms with E-state index in [1.165, 1.54) is 32.1 Å². The molecule has 108 valence electrons. The average molecular weight is 267 g/mol. The van der Waals surface area contributed by atoms with Crippen molar-refractivity contribution < 1.29 is 9.59 Å². The fourth-order valence-electron chi connectivity index (χ4n) is 2.64. The summed E-state index contributed by atoms with van der Waals surface area (Å²) in [4.78, 5) is 23.3. The third-order valence-corrected chi connectivity index (χ3v) is 4.17. The Hall–Kier alpha value is -1.10. The molecule has 0 aromatic carbocycles. The predicted molar refractivity (Wildman–Crippen MR) is 73.4 cm³/mol. The molecule has 5 nitrogen and oxygen atoms in total. The van der Waals surface area contributed by atoms with E-state index in [1.54, 1.807) is 0 Å². The molecule has 0 saturated heterocycles. The second-order valence-electron chi connectivity index (χ2n) is 5.97. The summed E-state index contributed by atoms with van der Waals surface area (Å²) < 4.78 is 0. The summed E-state index contributed by atoms with van der Waals surface area (Å²) in [5.74, 6) is 0.575. The monoisotopic (exact) mass is 267 g/mol. The molecule has 0 heterocycles. The Kier molecular flexibility index (Phi) is 4.80. The fourth-order valence-corrected chi connectivity index (χ4v) is 2.64. The summed E-state index contributed by atoms with van der Waals surface area (Å²) in [5.41, 5.74) is 5.14. The standard InChI is InChI=1S/C14H25N3O2/c15-14(6-7-14)13(19)17-9-8-16-12(18)10-11-4-2-1-3-5-11/h11H,1-10,15H2,(H,16,18)(H,17,19). The molecule has 0 spiro atoms. The molecule has 4 N–H and O–H groups in total. The van der Waals surface area contributed by atoms with Crippen molar-refractivity contribution in [2.24, 2.45) is 11.7 Å². The molecule has 0 aromatic heterocycles. The minimum Gasteiger partial charge on any atom is -0.354 e. The Morgan fingerprint density at radius 3 is 2.32 bits per heavy atom. The third-order valence-electron chi connectivity index (χ3n) is 4.17. The molecular formula is C14H25N3O2. The van der Waals surface area contributed by atoms with Gasteiger partial charge in [-0.25, -0.2) is 0 Å². The summed E-state index contributed by atoms with van der Waals surface area (Å²) in [5, 5.41) is 5.63. The highest BCUT2D eigenvalue weighted by Gasteiger charge is 2.45. The zero-order chi connectivity index (χ0) is 13.7. The summed E-state index contributed by atoms with van der Waals surface area (Å²) in [7, 11) is 0. The molecular weight excluding hydrogens is 242 g/mol. The van der Waals surface area contributed by atoms with Crippen LogP contribution >= 0.6 is 0 Å². The number of rotatable bonds is 6. The van der Waals surface area contributed by atoms with Gasteiger partial charge in [-0.2, -0.15) is 0 Å². The fraction of sp³-hybridized carbons (Fsp3) is 0.857. The Labute approximate surface area is 114 Å². The lowest BCUT2D eigenvalue weighted by atomic mass is 9.87. The van der Waals surface area contributed by atoms with Crippen LogP contribution in [0.1, 0.15) is 51.4 Å². The van der Waals surface area contributed by atoms with Crippen molar-refractivity contribution in [2.75, 3.05) is 13.1 Å². The van der Waals surface area contributed by atoms with E-state index in [0.29, 0.717) is 25.4 Å². The number of nitrogens with one attached hydrogen (secondary N) is 2. The summed E-state index contributed by atoms with van der Waals surface area (Å²) in [6, 6.07) is 0. The first kappa shape index (κ1) is 14.3. The molecule has 2 aliphatic rings. The van der Waals surface area contributed by atoms with E-state index < -0.39 is 5.54 Å². The number of hydrogen-bond donors (Lipinski definition) is 3. The van der Waals surface area contributed by atoms with Crippen LogP contribution in [-0.4, -0.2) is 30.4 Å². The van der Waals surface area contributed by atoms with Crippen LogP contribution in [0.15, 0.2) is 0 Å². The number of hydrogen-bond acceptors (Lipinski definition) is 3. The van der Waals surface area contributed by atoms with Crippen molar-refractivity contribution in [3.8, 4) is 0 Å². The first-order chi connectivity index (χ1) is 9.10. The van der Waals surface area contributed by atoms with E-state index in [1.807, 2.05) is 0 Å². The first-order valence-corrected chi connectivity index (χ1v) is 7.44. The van der Waals surface area contributed by atoms with Crippen LogP contribution in [-0.2, 0) is 9.59 Å². The Balaban J connectivity index is 1.52. The molecule has 5 heteroatoms. The van der Waals surface area contributed by atoms with Crippen LogP contribution in [0.25, 0.3) is 0 Å². The molecule has 0 unspecified atom stereocenters. The molecule has 0 bridgehead atoms. The van der Waals surface area contributed by atoms with E-state index >= 15 is 0 Å². The molecule has 0 radical (unpaired) electrons. The van der Waals surface area contributed by atoms with Gasteiger partial charge in [0.1, 0.15) is 0 Å². The molecule has 0 aliphatic heterocycles. The highest BCUT2D eigenvalue weighted by Crippen LogP contribution is 2.31. The van der Waals surface area contributed by atoms with Gasteiger partial charge in [0.15, 0.2) is 0 Å². The third kappa shape index (κ3) is 4.49. The second-order valence-corrected chi connectivity index (χ2v) is 5.97. The van der Waals surface area contributed by atoms with E-state index in [4.69, 9.17) is 5.73 Å². The normalized spacial score (nSPS) is 21.7. The van der Waals surface area contributed by atoms with Crippen LogP contribution in [0, 0.1) is 5.92 Å². The second kappa shape index (κ2) is 6.37. The van der Waals surface area contributed by atoms with Crippen LogP contribution in [0.5, 0.6) is 0 Å². The number of carbonyl (C=O) groups excluding carboxylic acids is 2. The molecule has 2 fully saturated rings. The van der Waals surface area contributed by atoms with Crippen LogP contribution in [0.2, 0.25) is 0 Å².